The molecule has 2 fully saturated rings. The fourth-order valence-electron chi connectivity index (χ4n) is 5.33. The van der Waals surface area contributed by atoms with Crippen molar-refractivity contribution in [2.24, 2.45) is 0 Å². The van der Waals surface area contributed by atoms with Crippen LogP contribution >= 0.6 is 0 Å². The van der Waals surface area contributed by atoms with Crippen molar-refractivity contribution in [2.45, 2.75) is 50.8 Å². The van der Waals surface area contributed by atoms with Crippen LogP contribution < -0.4 is 19.7 Å². The highest BCUT2D eigenvalue weighted by atomic mass is 19.2. The van der Waals surface area contributed by atoms with Gasteiger partial charge in [-0.3, -0.25) is 19.7 Å². The third-order valence-corrected chi connectivity index (χ3v) is 7.78. The number of fused-ring (bicyclic) bond motifs is 1. The van der Waals surface area contributed by atoms with Gasteiger partial charge in [-0.05, 0) is 73.7 Å². The predicted octanol–water partition coefficient (Wildman–Crippen LogP) is 5.35. The highest BCUT2D eigenvalue weighted by Crippen LogP contribution is 2.45. The van der Waals surface area contributed by atoms with Crippen molar-refractivity contribution in [1.29, 1.82) is 0 Å². The minimum Gasteiger partial charge on any atom is -0.487 e. The number of piperidine rings is 1. The van der Waals surface area contributed by atoms with Crippen LogP contribution in [0.4, 0.5) is 25.0 Å². The topological polar surface area (TPSA) is 114 Å². The van der Waals surface area contributed by atoms with E-state index in [9.17, 15) is 28.0 Å². The number of nitrogens with zero attached hydrogens (tertiary/aromatic N) is 2. The van der Waals surface area contributed by atoms with Crippen molar-refractivity contribution in [2.75, 3.05) is 12.0 Å². The smallest absolute Gasteiger partial charge is 0.418 e. The molecule has 6 rings (SSSR count). The van der Waals surface area contributed by atoms with Crippen LogP contribution in [0.15, 0.2) is 54.6 Å². The van der Waals surface area contributed by atoms with Crippen LogP contribution in [0.5, 0.6) is 17.2 Å². The lowest BCUT2D eigenvalue weighted by Crippen LogP contribution is -2.52. The molecule has 1 saturated heterocycles. The van der Waals surface area contributed by atoms with Gasteiger partial charge in [0.05, 0.1) is 30.2 Å². The van der Waals surface area contributed by atoms with E-state index in [0.717, 1.165) is 31.4 Å². The van der Waals surface area contributed by atoms with Gasteiger partial charge in [0.1, 0.15) is 17.5 Å². The number of benzene rings is 3. The van der Waals surface area contributed by atoms with Crippen LogP contribution in [0.2, 0.25) is 0 Å². The summed E-state index contributed by atoms with van der Waals surface area (Å²) >= 11 is 0. The molecular weight excluding hydrogens is 564 g/mol. The number of rotatable bonds is 7. The van der Waals surface area contributed by atoms with Gasteiger partial charge >= 0.3 is 6.09 Å². The Kier molecular flexibility index (Phi) is 7.43. The second-order valence-corrected chi connectivity index (χ2v) is 10.5. The Balaban J connectivity index is 1.35. The highest BCUT2D eigenvalue weighted by molar-refractivity contribution is 6.09. The zero-order valence-electron chi connectivity index (χ0n) is 23.1. The van der Waals surface area contributed by atoms with Gasteiger partial charge in [0.2, 0.25) is 11.8 Å². The van der Waals surface area contributed by atoms with Crippen LogP contribution in [0.1, 0.15) is 48.0 Å². The molecule has 0 aromatic heterocycles. The summed E-state index contributed by atoms with van der Waals surface area (Å²) in [4.78, 5) is 54.0. The molecule has 3 aromatic rings. The summed E-state index contributed by atoms with van der Waals surface area (Å²) < 4.78 is 44.0. The summed E-state index contributed by atoms with van der Waals surface area (Å²) in [7, 11) is 1.23. The van der Waals surface area contributed by atoms with Crippen molar-refractivity contribution >= 4 is 35.2 Å². The first-order chi connectivity index (χ1) is 20.7. The van der Waals surface area contributed by atoms with Crippen LogP contribution in [-0.2, 0) is 20.9 Å². The van der Waals surface area contributed by atoms with Gasteiger partial charge in [-0.15, -0.1) is 0 Å². The standard InChI is InChI=1S/C31H27F2N3O7/c1-41-31(40)36(18-6-8-20(9-7-18)42-21-10-11-22(32)23(33)15-21)24-12-5-17-16-35(25-13-14-26(37)34-29(25)38)30(39)27(17)28(24)43-19-3-2-4-19/h5-12,15,19,25H,2-4,13-14,16H2,1H3,(H,34,37,38). The lowest BCUT2D eigenvalue weighted by molar-refractivity contribution is -0.136. The Morgan fingerprint density at radius 2 is 1.70 bits per heavy atom. The molecule has 1 saturated carbocycles. The number of ether oxygens (including phenoxy) is 3. The number of imide groups is 1. The number of amides is 4. The number of anilines is 2. The fraction of sp³-hybridized carbons (Fsp3) is 0.290. The normalized spacial score (nSPS) is 18.1. The molecular formula is C31H27F2N3O7. The molecule has 1 atom stereocenters. The summed E-state index contributed by atoms with van der Waals surface area (Å²) in [6, 6.07) is 12.0. The fourth-order valence-corrected chi connectivity index (χ4v) is 5.33. The van der Waals surface area contributed by atoms with Crippen molar-refractivity contribution in [1.82, 2.24) is 10.2 Å². The third kappa shape index (κ3) is 5.36. The Bertz CT molecular complexity index is 1620. The first-order valence-electron chi connectivity index (χ1n) is 13.8. The Morgan fingerprint density at radius 3 is 2.35 bits per heavy atom. The van der Waals surface area contributed by atoms with Gasteiger partial charge in [0.15, 0.2) is 17.4 Å². The maximum Gasteiger partial charge on any atom is 0.418 e. The molecule has 10 nitrogen and oxygen atoms in total. The second kappa shape index (κ2) is 11.3. The number of halogens is 2. The number of carbonyl (C=O) groups excluding carboxylic acids is 4. The zero-order valence-corrected chi connectivity index (χ0v) is 23.1. The quantitative estimate of drug-likeness (QED) is 0.368. The molecule has 1 unspecified atom stereocenters. The Morgan fingerprint density at radius 1 is 0.953 bits per heavy atom. The van der Waals surface area contributed by atoms with Gasteiger partial charge in [-0.1, -0.05) is 6.07 Å². The van der Waals surface area contributed by atoms with Crippen LogP contribution in [0.25, 0.3) is 0 Å². The average Bonchev–Trinajstić information content (AvgIpc) is 3.30. The molecule has 2 heterocycles. The maximum atomic E-state index is 13.8. The molecule has 3 aliphatic rings. The highest BCUT2D eigenvalue weighted by Gasteiger charge is 2.42. The molecule has 4 amide bonds. The van der Waals surface area contributed by atoms with E-state index < -0.39 is 35.6 Å². The van der Waals surface area contributed by atoms with E-state index >= 15 is 0 Å². The van der Waals surface area contributed by atoms with Crippen LogP contribution in [-0.4, -0.2) is 48.0 Å². The summed E-state index contributed by atoms with van der Waals surface area (Å²) in [5.41, 5.74) is 1.51. The van der Waals surface area contributed by atoms with Gasteiger partial charge in [0.25, 0.3) is 5.91 Å². The molecule has 1 N–H and O–H groups in total. The largest absolute Gasteiger partial charge is 0.487 e. The van der Waals surface area contributed by atoms with E-state index in [-0.39, 0.29) is 54.1 Å². The number of hydrogen-bond donors (Lipinski definition) is 1. The lowest BCUT2D eigenvalue weighted by Gasteiger charge is -2.31. The minimum atomic E-state index is -1.05. The minimum absolute atomic E-state index is 0.0883. The van der Waals surface area contributed by atoms with Crippen molar-refractivity contribution in [3.05, 3.63) is 77.4 Å². The van der Waals surface area contributed by atoms with Gasteiger partial charge in [0, 0.05) is 19.0 Å². The molecule has 0 spiro atoms. The monoisotopic (exact) mass is 591 g/mol. The SMILES string of the molecule is COC(=O)N(c1ccc(Oc2ccc(F)c(F)c2)cc1)c1ccc2c(c1OC1CCC1)C(=O)N(C1CCC(=O)NC1=O)C2. The summed E-state index contributed by atoms with van der Waals surface area (Å²) in [6.45, 7) is 0.149. The first kappa shape index (κ1) is 28.1. The second-order valence-electron chi connectivity index (χ2n) is 10.5. The molecule has 0 radical (unpaired) electrons. The van der Waals surface area contributed by atoms with Crippen molar-refractivity contribution in [3.63, 3.8) is 0 Å². The Hall–Kier alpha value is -5.00. The molecule has 12 heteroatoms. The van der Waals surface area contributed by atoms with Crippen molar-refractivity contribution < 1.29 is 42.2 Å². The molecule has 0 bridgehead atoms. The first-order valence-corrected chi connectivity index (χ1v) is 13.8. The molecule has 1 aliphatic carbocycles. The van der Waals surface area contributed by atoms with E-state index in [4.69, 9.17) is 14.2 Å². The maximum absolute atomic E-state index is 13.8. The number of nitrogens with one attached hydrogen (secondary N) is 1. The van der Waals surface area contributed by atoms with E-state index in [1.54, 1.807) is 36.4 Å². The van der Waals surface area contributed by atoms with Gasteiger partial charge in [-0.25, -0.2) is 18.5 Å². The number of carbonyl (C=O) groups is 4. The van der Waals surface area contributed by atoms with Gasteiger partial charge < -0.3 is 19.1 Å². The van der Waals surface area contributed by atoms with Crippen molar-refractivity contribution in [3.8, 4) is 17.2 Å². The molecule has 2 aliphatic heterocycles. The summed E-state index contributed by atoms with van der Waals surface area (Å²) in [5.74, 6) is -2.79. The summed E-state index contributed by atoms with van der Waals surface area (Å²) in [6.07, 6.45) is 1.95. The zero-order chi connectivity index (χ0) is 30.2. The molecule has 43 heavy (non-hydrogen) atoms. The Labute approximate surface area is 245 Å². The average molecular weight is 592 g/mol. The van der Waals surface area contributed by atoms with E-state index in [1.165, 1.54) is 23.0 Å². The number of hydrogen-bond acceptors (Lipinski definition) is 7. The van der Waals surface area contributed by atoms with Crippen LogP contribution in [0.3, 0.4) is 0 Å². The van der Waals surface area contributed by atoms with E-state index in [2.05, 4.69) is 5.32 Å². The molecule has 222 valence electrons. The summed E-state index contributed by atoms with van der Waals surface area (Å²) in [5, 5.41) is 2.30. The number of methoxy groups -OCH3 is 1. The third-order valence-electron chi connectivity index (χ3n) is 7.78. The predicted molar refractivity (Wildman–Crippen MR) is 148 cm³/mol. The van der Waals surface area contributed by atoms with Crippen LogP contribution in [0, 0.1) is 11.6 Å². The lowest BCUT2D eigenvalue weighted by atomic mass is 9.95. The van der Waals surface area contributed by atoms with Gasteiger partial charge in [-0.2, -0.15) is 0 Å². The van der Waals surface area contributed by atoms with E-state index in [1.807, 2.05) is 0 Å². The molecule has 3 aromatic carbocycles. The van der Waals surface area contributed by atoms with E-state index in [0.29, 0.717) is 17.0 Å².